The highest BCUT2D eigenvalue weighted by Crippen LogP contribution is 2.39. The van der Waals surface area contributed by atoms with Crippen molar-refractivity contribution in [1.82, 2.24) is 15.0 Å². The van der Waals surface area contributed by atoms with Gasteiger partial charge in [0.05, 0.1) is 32.3 Å². The summed E-state index contributed by atoms with van der Waals surface area (Å²) in [6.07, 6.45) is 3.06. The van der Waals surface area contributed by atoms with Crippen molar-refractivity contribution < 1.29 is 18.8 Å². The van der Waals surface area contributed by atoms with Crippen molar-refractivity contribution >= 4 is 73.4 Å². The van der Waals surface area contributed by atoms with E-state index in [9.17, 15) is 14.4 Å². The minimum absolute atomic E-state index is 0.0684. The van der Waals surface area contributed by atoms with E-state index in [0.29, 0.717) is 26.1 Å². The molecule has 0 aliphatic carbocycles. The van der Waals surface area contributed by atoms with Crippen molar-refractivity contribution in [2.75, 3.05) is 4.90 Å². The van der Waals surface area contributed by atoms with Crippen LogP contribution in [0.1, 0.15) is 37.1 Å². The Bertz CT molecular complexity index is 1090. The van der Waals surface area contributed by atoms with Crippen LogP contribution in [0.15, 0.2) is 25.2 Å². The molecule has 0 radical (unpaired) electrons. The molecule has 0 saturated carbocycles. The Morgan fingerprint density at radius 2 is 1.74 bits per heavy atom. The molecule has 3 aromatic rings. The lowest BCUT2D eigenvalue weighted by atomic mass is 10.3. The largest absolute Gasteiger partial charge is 0.445 e. The predicted molar refractivity (Wildman–Crippen MR) is 122 cm³/mol. The lowest BCUT2D eigenvalue weighted by Gasteiger charge is -2.16. The highest BCUT2D eigenvalue weighted by atomic mass is 32.2. The number of hydrogen-bond acceptors (Lipinski definition) is 11. The van der Waals surface area contributed by atoms with Crippen molar-refractivity contribution in [2.24, 2.45) is 5.73 Å². The molecule has 13 heteroatoms. The van der Waals surface area contributed by atoms with Crippen LogP contribution in [-0.2, 0) is 20.1 Å². The molecule has 3 rings (SSSR count). The van der Waals surface area contributed by atoms with Crippen LogP contribution in [0.25, 0.3) is 0 Å². The van der Waals surface area contributed by atoms with Crippen molar-refractivity contribution in [3.8, 4) is 0 Å². The molecule has 164 valence electrons. The maximum Gasteiger partial charge on any atom is 0.235 e. The van der Waals surface area contributed by atoms with E-state index in [1.807, 2.05) is 13.8 Å². The van der Waals surface area contributed by atoms with E-state index < -0.39 is 5.91 Å². The van der Waals surface area contributed by atoms with E-state index >= 15 is 0 Å². The second-order valence-electron chi connectivity index (χ2n) is 6.25. The summed E-state index contributed by atoms with van der Waals surface area (Å²) in [5, 5.41) is 0.722. The first-order chi connectivity index (χ1) is 14.7. The number of carbonyl (C=O) groups excluding carboxylic acids is 3. The van der Waals surface area contributed by atoms with Crippen molar-refractivity contribution in [1.29, 1.82) is 0 Å². The van der Waals surface area contributed by atoms with Gasteiger partial charge in [0.2, 0.25) is 17.7 Å². The summed E-state index contributed by atoms with van der Waals surface area (Å²) in [4.78, 5) is 49.7. The average molecular weight is 498 g/mol. The molecular weight excluding hydrogens is 478 g/mol. The van der Waals surface area contributed by atoms with Gasteiger partial charge >= 0.3 is 0 Å². The summed E-state index contributed by atoms with van der Waals surface area (Å²) in [7, 11) is 0. The fraction of sp³-hybridized carbons (Fsp3) is 0.333. The van der Waals surface area contributed by atoms with Gasteiger partial charge in [0, 0.05) is 19.8 Å². The molecule has 31 heavy (non-hydrogen) atoms. The minimum atomic E-state index is -0.563. The van der Waals surface area contributed by atoms with Crippen LogP contribution in [0, 0.1) is 13.8 Å². The van der Waals surface area contributed by atoms with Gasteiger partial charge in [-0.3, -0.25) is 14.4 Å². The zero-order valence-electron chi connectivity index (χ0n) is 16.9. The smallest absolute Gasteiger partial charge is 0.235 e. The number of anilines is 2. The fourth-order valence-electron chi connectivity index (χ4n) is 2.33. The van der Waals surface area contributed by atoms with Crippen molar-refractivity contribution in [3.63, 3.8) is 0 Å². The van der Waals surface area contributed by atoms with E-state index in [1.54, 1.807) is 6.20 Å². The number of aryl methyl sites for hydroxylation is 2. The van der Waals surface area contributed by atoms with Crippen LogP contribution >= 0.6 is 46.2 Å². The van der Waals surface area contributed by atoms with E-state index in [2.05, 4.69) is 15.0 Å². The molecular formula is C18H19N5O4S4. The zero-order chi connectivity index (χ0) is 22.5. The highest BCUT2D eigenvalue weighted by Gasteiger charge is 2.25. The van der Waals surface area contributed by atoms with Crippen LogP contribution in [0.2, 0.25) is 0 Å². The third-order valence-corrected chi connectivity index (χ3v) is 7.85. The molecule has 0 aromatic carbocycles. The Hall–Kier alpha value is -2.22. The number of primary amides is 1. The van der Waals surface area contributed by atoms with Crippen LogP contribution < -0.4 is 10.6 Å². The monoisotopic (exact) mass is 497 g/mol. The summed E-state index contributed by atoms with van der Waals surface area (Å²) >= 11 is 5.06. The summed E-state index contributed by atoms with van der Waals surface area (Å²) in [5.74, 6) is 1.03. The third-order valence-electron chi connectivity index (χ3n) is 3.82. The number of oxazole rings is 1. The summed E-state index contributed by atoms with van der Waals surface area (Å²) in [6, 6.07) is 0. The lowest BCUT2D eigenvalue weighted by Crippen LogP contribution is -2.27. The minimum Gasteiger partial charge on any atom is -0.445 e. The average Bonchev–Trinajstić information content (AvgIpc) is 3.40. The predicted octanol–water partition coefficient (Wildman–Crippen LogP) is 4.07. The molecule has 0 unspecified atom stereocenters. The lowest BCUT2D eigenvalue weighted by molar-refractivity contribution is -0.123. The van der Waals surface area contributed by atoms with Crippen LogP contribution in [0.4, 0.5) is 10.3 Å². The first-order valence-electron chi connectivity index (χ1n) is 9.00. The molecule has 2 N–H and O–H groups in total. The molecule has 0 bridgehead atoms. The summed E-state index contributed by atoms with van der Waals surface area (Å²) < 4.78 is 7.12. The second-order valence-corrected chi connectivity index (χ2v) is 11.0. The first kappa shape index (κ1) is 23.4. The van der Waals surface area contributed by atoms with Crippen LogP contribution in [0.5, 0.6) is 0 Å². The van der Waals surface area contributed by atoms with Gasteiger partial charge in [0.15, 0.2) is 15.4 Å². The zero-order valence-corrected chi connectivity index (χ0v) is 20.2. The van der Waals surface area contributed by atoms with Gasteiger partial charge in [-0.25, -0.2) is 19.9 Å². The molecule has 0 fully saturated rings. The molecule has 9 nitrogen and oxygen atoms in total. The van der Waals surface area contributed by atoms with Crippen LogP contribution in [-0.4, -0.2) is 31.9 Å². The maximum absolute atomic E-state index is 12.9. The molecule has 2 amide bonds. The van der Waals surface area contributed by atoms with Gasteiger partial charge in [-0.2, -0.15) is 0 Å². The molecule has 0 saturated heterocycles. The molecule has 0 spiro atoms. The van der Waals surface area contributed by atoms with Gasteiger partial charge in [-0.1, -0.05) is 22.7 Å². The third kappa shape index (κ3) is 6.38. The van der Waals surface area contributed by atoms with Gasteiger partial charge in [-0.15, -0.1) is 11.8 Å². The standard InChI is InChI=1S/C18H19N5O4S4/c1-9-10(2)27-13(22-9)8-28-15-6-20-17(30-15)23(14(26)5-4-12(19)25)18-21-7-16(31-18)29-11(3)24/h6-7H,4-5,8H2,1-3H3,(H2,19,25). The van der Waals surface area contributed by atoms with Crippen molar-refractivity contribution in [2.45, 2.75) is 47.8 Å². The van der Waals surface area contributed by atoms with E-state index in [4.69, 9.17) is 10.2 Å². The number of thioether (sulfide) groups is 2. The van der Waals surface area contributed by atoms with E-state index in [-0.39, 0.29) is 23.9 Å². The topological polar surface area (TPSA) is 132 Å². The number of aromatic nitrogens is 3. The molecule has 0 atom stereocenters. The molecule has 0 aliphatic heterocycles. The van der Waals surface area contributed by atoms with Crippen LogP contribution in [0.3, 0.4) is 0 Å². The number of thiazole rings is 2. The maximum atomic E-state index is 12.9. The van der Waals surface area contributed by atoms with Gasteiger partial charge < -0.3 is 10.2 Å². The van der Waals surface area contributed by atoms with Gasteiger partial charge in [0.1, 0.15) is 5.76 Å². The number of amides is 2. The van der Waals surface area contributed by atoms with Gasteiger partial charge in [-0.05, 0) is 25.6 Å². The van der Waals surface area contributed by atoms with Crippen molar-refractivity contribution in [3.05, 3.63) is 29.7 Å². The SMILES string of the molecule is CC(=O)Sc1cnc(N(C(=O)CCC(N)=O)c2ncc(SCc3nc(C)c(C)o3)s2)s1. The quantitative estimate of drug-likeness (QED) is 0.434. The highest BCUT2D eigenvalue weighted by molar-refractivity contribution is 8.15. The number of hydrogen-bond donors (Lipinski definition) is 1. The number of carbonyl (C=O) groups is 3. The van der Waals surface area contributed by atoms with E-state index in [0.717, 1.165) is 27.4 Å². The number of rotatable bonds is 9. The Labute approximate surface area is 194 Å². The Morgan fingerprint density at radius 3 is 2.32 bits per heavy atom. The summed E-state index contributed by atoms with van der Waals surface area (Å²) in [6.45, 7) is 5.21. The van der Waals surface area contributed by atoms with Gasteiger partial charge in [0.25, 0.3) is 0 Å². The Kier molecular flexibility index (Phi) is 7.86. The fourth-order valence-corrected chi connectivity index (χ4v) is 6.02. The normalized spacial score (nSPS) is 10.9. The number of nitrogens with zero attached hydrogens (tertiary/aromatic N) is 4. The first-order valence-corrected chi connectivity index (χ1v) is 12.4. The summed E-state index contributed by atoms with van der Waals surface area (Å²) in [5.41, 5.74) is 6.05. The van der Waals surface area contributed by atoms with E-state index in [1.165, 1.54) is 52.5 Å². The Balaban J connectivity index is 1.79. The Morgan fingerprint density at radius 1 is 1.10 bits per heavy atom. The number of nitrogens with two attached hydrogens (primary N) is 1. The molecule has 0 aliphatic rings. The molecule has 3 heterocycles. The second kappa shape index (κ2) is 10.4. The molecule has 3 aromatic heterocycles.